The van der Waals surface area contributed by atoms with Gasteiger partial charge >= 0.3 is 5.65 Å². The number of imidazole rings is 2. The SMILES string of the molecule is COCCO[C@@H]1[C@H](O)[C@@H](COP(=O)([O-])OP(=O)([O-])OP(=O)([O-])OC[C@H]2O[C@@H](n3cnc4c(=O)[nH]c(N)nc43)[C@H](O)[C@@H]2O)O[C@H]1[n+]1cn(CCOc2ccc(Cl)cc2)c2c(=O)[nH]c(N)nc21. The van der Waals surface area contributed by atoms with Crippen LogP contribution in [0.15, 0.2) is 46.5 Å². The first-order valence-corrected chi connectivity index (χ1v) is 23.4. The molecule has 9 N–H and O–H groups in total. The summed E-state index contributed by atoms with van der Waals surface area (Å²) in [7, 11) is -17.2. The van der Waals surface area contributed by atoms with Crippen molar-refractivity contribution in [3.8, 4) is 5.75 Å². The molecule has 0 aliphatic carbocycles. The van der Waals surface area contributed by atoms with E-state index in [-0.39, 0.29) is 60.6 Å². The van der Waals surface area contributed by atoms with Gasteiger partial charge in [0.15, 0.2) is 23.7 Å². The molecule has 0 bridgehead atoms. The number of benzene rings is 1. The Morgan fingerprint density at radius 3 is 2.15 bits per heavy atom. The Bertz CT molecular complexity index is 2780. The van der Waals surface area contributed by atoms with Crippen LogP contribution in [-0.4, -0.2) is 126 Å². The molecule has 2 saturated heterocycles. The minimum Gasteiger partial charge on any atom is -0.756 e. The molecule has 5 aromatic rings. The highest BCUT2D eigenvalue weighted by Crippen LogP contribution is 2.63. The van der Waals surface area contributed by atoms with Crippen molar-refractivity contribution in [1.29, 1.82) is 0 Å². The van der Waals surface area contributed by atoms with Gasteiger partial charge in [-0.1, -0.05) is 16.6 Å². The fourth-order valence-electron chi connectivity index (χ4n) is 6.71. The van der Waals surface area contributed by atoms with Gasteiger partial charge < -0.3 is 74.2 Å². The molecule has 4 aromatic heterocycles. The van der Waals surface area contributed by atoms with E-state index in [1.165, 1.54) is 22.6 Å². The van der Waals surface area contributed by atoms with E-state index < -0.39 is 96.9 Å². The van der Waals surface area contributed by atoms with Crippen LogP contribution in [0, 0.1) is 0 Å². The molecule has 356 valence electrons. The topological polar surface area (TPSA) is 434 Å². The molecule has 0 spiro atoms. The average molecular weight is 999 g/mol. The van der Waals surface area contributed by atoms with Crippen molar-refractivity contribution in [3.63, 3.8) is 0 Å². The zero-order valence-corrected chi connectivity index (χ0v) is 36.6. The highest BCUT2D eigenvalue weighted by molar-refractivity contribution is 7.65. The second-order valence-corrected chi connectivity index (χ2v) is 18.9. The van der Waals surface area contributed by atoms with Gasteiger partial charge in [-0.25, -0.2) is 18.2 Å². The van der Waals surface area contributed by atoms with Gasteiger partial charge in [-0.3, -0.25) is 42.4 Å². The van der Waals surface area contributed by atoms with Gasteiger partial charge in [0.25, 0.3) is 40.5 Å². The average Bonchev–Trinajstić information content (AvgIpc) is 3.96. The van der Waals surface area contributed by atoms with Crippen LogP contribution >= 0.6 is 35.1 Å². The number of aliphatic hydroxyl groups is 3. The summed E-state index contributed by atoms with van der Waals surface area (Å²) >= 11 is 5.94. The number of phosphoric acid groups is 3. The van der Waals surface area contributed by atoms with E-state index in [1.54, 1.807) is 24.3 Å². The lowest BCUT2D eigenvalue weighted by Crippen LogP contribution is -2.47. The number of H-pyrrole nitrogens is 2. The number of rotatable bonds is 20. The first-order valence-electron chi connectivity index (χ1n) is 18.7. The predicted octanol–water partition coefficient (Wildman–Crippen LogP) is -3.58. The molecule has 11 atom stereocenters. The fraction of sp³-hybridized carbons (Fsp3) is 0.484. The predicted molar refractivity (Wildman–Crippen MR) is 209 cm³/mol. The quantitative estimate of drug-likeness (QED) is 0.0225. The van der Waals surface area contributed by atoms with E-state index in [0.717, 1.165) is 10.9 Å². The molecule has 6 heterocycles. The molecule has 1 aromatic carbocycles. The molecule has 3 unspecified atom stereocenters. The summed E-state index contributed by atoms with van der Waals surface area (Å²) in [5, 5.41) is 32.9. The summed E-state index contributed by atoms with van der Waals surface area (Å²) < 4.78 is 86.5. The third kappa shape index (κ3) is 11.1. The minimum absolute atomic E-state index is 0.0166. The largest absolute Gasteiger partial charge is 0.756 e. The number of aliphatic hydroxyl groups excluding tert-OH is 3. The highest BCUT2D eigenvalue weighted by Gasteiger charge is 2.50. The molecule has 30 nitrogen and oxygen atoms in total. The molecule has 2 fully saturated rings. The lowest BCUT2D eigenvalue weighted by Gasteiger charge is -2.34. The summed E-state index contributed by atoms with van der Waals surface area (Å²) in [6.07, 6.45) is -10.7. The van der Waals surface area contributed by atoms with Crippen LogP contribution < -0.4 is 46.6 Å². The van der Waals surface area contributed by atoms with Crippen molar-refractivity contribution in [3.05, 3.63) is 62.7 Å². The van der Waals surface area contributed by atoms with Crippen molar-refractivity contribution < 1.29 is 89.6 Å². The van der Waals surface area contributed by atoms with Crippen molar-refractivity contribution >= 4 is 69.3 Å². The number of hydrogen-bond acceptors (Lipinski definition) is 25. The van der Waals surface area contributed by atoms with E-state index in [1.807, 2.05) is 0 Å². The van der Waals surface area contributed by atoms with E-state index >= 15 is 0 Å². The fourth-order valence-corrected chi connectivity index (χ4v) is 10.2. The molecule has 0 amide bonds. The number of nitrogens with two attached hydrogens (primary N) is 2. The van der Waals surface area contributed by atoms with Crippen molar-refractivity contribution in [2.45, 2.75) is 55.6 Å². The van der Waals surface area contributed by atoms with Gasteiger partial charge in [0.2, 0.25) is 17.7 Å². The van der Waals surface area contributed by atoms with Crippen LogP contribution in [0.2, 0.25) is 5.02 Å². The third-order valence-corrected chi connectivity index (χ3v) is 13.9. The van der Waals surface area contributed by atoms with Crippen molar-refractivity contribution in [2.24, 2.45) is 0 Å². The third-order valence-electron chi connectivity index (χ3n) is 9.55. The standard InChI is InChI=1S/C31H40ClN10O20P3/c1-54-8-9-56-23-21(44)17(60-29(23)42-13-40(19-25(42)37-31(34)39-27(19)47)6-7-55-15-4-2-14(32)3-5-15)11-58-64(50,51)62-65(52,53)61-63(48,49)57-10-16-20(43)22(45)28(59-16)41-12-35-18-24(41)36-30(33)38-26(18)46/h2-5,12-13,16-17,20-23,28-29,43-45H,6-11H2,1H3,(H8-,33,34,36,37,38,39,46,47,48,49,50,51,52,53)/p-2/t16-,17-,20-,21-,22-,23-,28-,29-/m1/s1. The van der Waals surface area contributed by atoms with E-state index in [0.29, 0.717) is 10.8 Å². The van der Waals surface area contributed by atoms with E-state index in [4.69, 9.17) is 46.8 Å². The highest BCUT2D eigenvalue weighted by atomic mass is 35.5. The molecule has 7 rings (SSSR count). The maximum atomic E-state index is 13.1. The minimum atomic E-state index is -6.43. The van der Waals surface area contributed by atoms with Gasteiger partial charge in [-0.05, 0) is 24.3 Å². The molecular formula is C31H38ClN10O20P3-2. The van der Waals surface area contributed by atoms with Gasteiger partial charge in [0, 0.05) is 12.1 Å². The lowest BCUT2D eigenvalue weighted by atomic mass is 10.1. The summed E-state index contributed by atoms with van der Waals surface area (Å²) in [4.78, 5) is 79.6. The smallest absolute Gasteiger partial charge is 0.313 e. The van der Waals surface area contributed by atoms with Gasteiger partial charge in [-0.2, -0.15) is 4.98 Å². The number of fused-ring (bicyclic) bond motifs is 2. The molecule has 0 saturated carbocycles. The molecule has 65 heavy (non-hydrogen) atoms. The summed E-state index contributed by atoms with van der Waals surface area (Å²) in [6.45, 7) is -2.42. The number of methoxy groups -OCH3 is 1. The summed E-state index contributed by atoms with van der Waals surface area (Å²) in [5.41, 5.74) is 9.50. The number of nitrogens with one attached hydrogen (secondary N) is 2. The number of aromatic amines is 2. The number of aromatic nitrogens is 8. The first kappa shape index (κ1) is 48.7. The molecular weight excluding hydrogens is 961 g/mol. The van der Waals surface area contributed by atoms with Gasteiger partial charge in [-0.15, -0.1) is 0 Å². The van der Waals surface area contributed by atoms with Crippen LogP contribution in [0.3, 0.4) is 0 Å². The molecule has 2 aliphatic heterocycles. The van der Waals surface area contributed by atoms with Crippen LogP contribution in [-0.2, 0) is 56.9 Å². The second-order valence-electron chi connectivity index (χ2n) is 13.9. The molecule has 0 radical (unpaired) electrons. The number of phosphoric ester groups is 2. The van der Waals surface area contributed by atoms with Crippen molar-refractivity contribution in [2.75, 3.05) is 51.6 Å². The number of halogens is 1. The maximum Gasteiger partial charge on any atom is 0.313 e. The lowest BCUT2D eigenvalue weighted by molar-refractivity contribution is -0.746. The van der Waals surface area contributed by atoms with Gasteiger partial charge in [0.1, 0.15) is 55.5 Å². The Labute approximate surface area is 367 Å². The normalized spacial score (nSPS) is 26.3. The molecule has 34 heteroatoms. The molecule has 2 aliphatic rings. The van der Waals surface area contributed by atoms with E-state index in [9.17, 15) is 53.3 Å². The van der Waals surface area contributed by atoms with Crippen LogP contribution in [0.1, 0.15) is 12.5 Å². The summed E-state index contributed by atoms with van der Waals surface area (Å²) in [5.74, 6) is -0.161. The zero-order valence-electron chi connectivity index (χ0n) is 33.2. The number of hydrogen-bond donors (Lipinski definition) is 7. The van der Waals surface area contributed by atoms with Crippen LogP contribution in [0.5, 0.6) is 5.75 Å². The Balaban J connectivity index is 0.992. The zero-order chi connectivity index (χ0) is 47.0. The van der Waals surface area contributed by atoms with Gasteiger partial charge in [0.05, 0.1) is 32.8 Å². The maximum absolute atomic E-state index is 13.1. The second kappa shape index (κ2) is 19.5. The van der Waals surface area contributed by atoms with E-state index in [2.05, 4.69) is 42.6 Å². The van der Waals surface area contributed by atoms with Crippen LogP contribution in [0.4, 0.5) is 11.9 Å². The Morgan fingerprint density at radius 1 is 0.862 bits per heavy atom. The number of ether oxygens (including phenoxy) is 5. The Hall–Kier alpha value is -4.26. The monoisotopic (exact) mass is 998 g/mol. The number of nitrogens with zero attached hydrogens (tertiary/aromatic N) is 6. The van der Waals surface area contributed by atoms with Crippen LogP contribution in [0.25, 0.3) is 22.3 Å². The number of nitrogen functional groups attached to an aromatic ring is 2. The Morgan fingerprint density at radius 2 is 1.49 bits per heavy atom. The first-order chi connectivity index (χ1) is 30.7. The summed E-state index contributed by atoms with van der Waals surface area (Å²) in [6, 6.07) is 6.49. The number of anilines is 2. The van der Waals surface area contributed by atoms with Crippen molar-refractivity contribution in [1.82, 2.24) is 34.1 Å². The Kier molecular flexibility index (Phi) is 14.6.